The average Bonchev–Trinajstić information content (AvgIpc) is 3.26. The Bertz CT molecular complexity index is 979. The van der Waals surface area contributed by atoms with Gasteiger partial charge in [-0.15, -0.1) is 11.3 Å². The Kier molecular flexibility index (Phi) is 5.60. The van der Waals surface area contributed by atoms with Crippen LogP contribution in [0.15, 0.2) is 24.4 Å². The number of hydrogen-bond donors (Lipinski definition) is 3. The first kappa shape index (κ1) is 18.7. The average molecular weight is 388 g/mol. The van der Waals surface area contributed by atoms with E-state index in [1.807, 2.05) is 13.0 Å². The number of methoxy groups -OCH3 is 2. The molecule has 3 aromatic rings. The lowest BCUT2D eigenvalue weighted by Gasteiger charge is -2.07. The van der Waals surface area contributed by atoms with Gasteiger partial charge in [0.15, 0.2) is 16.6 Å². The molecule has 0 bridgehead atoms. The summed E-state index contributed by atoms with van der Waals surface area (Å²) in [6.07, 6.45) is 1.85. The summed E-state index contributed by atoms with van der Waals surface area (Å²) in [4.78, 5) is 32.4. The van der Waals surface area contributed by atoms with Gasteiger partial charge in [0.2, 0.25) is 5.91 Å². The molecule has 2 aromatic heterocycles. The van der Waals surface area contributed by atoms with Gasteiger partial charge in [-0.1, -0.05) is 0 Å². The van der Waals surface area contributed by atoms with E-state index in [4.69, 9.17) is 9.47 Å². The van der Waals surface area contributed by atoms with Crippen LogP contribution in [0.5, 0.6) is 11.5 Å². The molecular formula is C18H20N4O4S. The van der Waals surface area contributed by atoms with Crippen molar-refractivity contribution >= 4 is 39.2 Å². The fourth-order valence-corrected chi connectivity index (χ4v) is 3.31. The van der Waals surface area contributed by atoms with Crippen LogP contribution < -0.4 is 20.1 Å². The summed E-state index contributed by atoms with van der Waals surface area (Å²) in [5.74, 6) is 0.645. The van der Waals surface area contributed by atoms with E-state index in [0.29, 0.717) is 22.3 Å². The maximum Gasteiger partial charge on any atom is 0.267 e. The molecule has 0 aliphatic heterocycles. The molecule has 0 fully saturated rings. The maximum absolute atomic E-state index is 12.4. The number of anilines is 1. The van der Waals surface area contributed by atoms with Crippen LogP contribution in [0, 0.1) is 6.92 Å². The number of H-pyrrole nitrogens is 1. The van der Waals surface area contributed by atoms with Gasteiger partial charge in [-0.2, -0.15) is 0 Å². The smallest absolute Gasteiger partial charge is 0.267 e. The third kappa shape index (κ3) is 4.20. The molecule has 0 aliphatic carbocycles. The molecule has 9 heteroatoms. The number of aryl methyl sites for hydroxylation is 1. The molecule has 142 valence electrons. The highest BCUT2D eigenvalue weighted by Gasteiger charge is 2.15. The largest absolute Gasteiger partial charge is 0.493 e. The van der Waals surface area contributed by atoms with Gasteiger partial charge in [0.05, 0.1) is 19.7 Å². The summed E-state index contributed by atoms with van der Waals surface area (Å²) in [6.45, 7) is 2.13. The second-order valence-electron chi connectivity index (χ2n) is 5.78. The lowest BCUT2D eigenvalue weighted by atomic mass is 10.2. The van der Waals surface area contributed by atoms with Crippen molar-refractivity contribution in [2.75, 3.05) is 26.1 Å². The van der Waals surface area contributed by atoms with Crippen LogP contribution in [-0.4, -0.2) is 42.5 Å². The number of benzene rings is 1. The Morgan fingerprint density at radius 3 is 2.74 bits per heavy atom. The number of hydrogen-bond acceptors (Lipinski definition) is 6. The summed E-state index contributed by atoms with van der Waals surface area (Å²) < 4.78 is 10.6. The monoisotopic (exact) mass is 388 g/mol. The zero-order chi connectivity index (χ0) is 19.4. The summed E-state index contributed by atoms with van der Waals surface area (Å²) in [5, 5.41) is 6.74. The molecule has 2 amide bonds. The Balaban J connectivity index is 1.60. The summed E-state index contributed by atoms with van der Waals surface area (Å²) in [7, 11) is 3.11. The highest BCUT2D eigenvalue weighted by Crippen LogP contribution is 2.35. The van der Waals surface area contributed by atoms with Crippen molar-refractivity contribution in [2.24, 2.45) is 0 Å². The lowest BCUT2D eigenvalue weighted by Crippen LogP contribution is -2.27. The normalized spacial score (nSPS) is 10.6. The molecule has 2 heterocycles. The molecule has 0 saturated heterocycles. The summed E-state index contributed by atoms with van der Waals surface area (Å²) in [5.41, 5.74) is 1.14. The van der Waals surface area contributed by atoms with Crippen LogP contribution in [0.1, 0.15) is 21.8 Å². The van der Waals surface area contributed by atoms with E-state index in [1.165, 1.54) is 11.3 Å². The van der Waals surface area contributed by atoms with Crippen molar-refractivity contribution in [3.05, 3.63) is 35.0 Å². The van der Waals surface area contributed by atoms with Crippen LogP contribution in [0.3, 0.4) is 0 Å². The van der Waals surface area contributed by atoms with E-state index in [0.717, 1.165) is 15.8 Å². The van der Waals surface area contributed by atoms with Gasteiger partial charge in [-0.25, -0.2) is 4.98 Å². The van der Waals surface area contributed by atoms with Crippen LogP contribution in [0.4, 0.5) is 5.13 Å². The number of fused-ring (bicyclic) bond motifs is 1. The molecule has 3 rings (SSSR count). The van der Waals surface area contributed by atoms with E-state index in [2.05, 4.69) is 20.6 Å². The second-order valence-corrected chi connectivity index (χ2v) is 7.01. The van der Waals surface area contributed by atoms with E-state index in [9.17, 15) is 9.59 Å². The zero-order valence-corrected chi connectivity index (χ0v) is 16.0. The Labute approximate surface area is 159 Å². The minimum Gasteiger partial charge on any atom is -0.493 e. The highest BCUT2D eigenvalue weighted by molar-refractivity contribution is 7.15. The van der Waals surface area contributed by atoms with Gasteiger partial charge in [-0.3, -0.25) is 9.59 Å². The predicted octanol–water partition coefficient (Wildman–Crippen LogP) is 2.71. The number of thiazole rings is 1. The van der Waals surface area contributed by atoms with E-state index in [1.54, 1.807) is 32.5 Å². The fraction of sp³-hybridized carbons (Fsp3) is 0.278. The first-order valence-corrected chi connectivity index (χ1v) is 9.07. The molecule has 0 radical (unpaired) electrons. The first-order chi connectivity index (χ1) is 13.0. The number of ether oxygens (including phenoxy) is 2. The molecule has 0 atom stereocenters. The van der Waals surface area contributed by atoms with E-state index < -0.39 is 0 Å². The quantitative estimate of drug-likeness (QED) is 0.577. The van der Waals surface area contributed by atoms with E-state index in [-0.39, 0.29) is 24.8 Å². The Morgan fingerprint density at radius 2 is 2.07 bits per heavy atom. The van der Waals surface area contributed by atoms with Crippen molar-refractivity contribution < 1.29 is 19.1 Å². The number of nitrogens with one attached hydrogen (secondary N) is 3. The van der Waals surface area contributed by atoms with Crippen LogP contribution >= 0.6 is 11.3 Å². The summed E-state index contributed by atoms with van der Waals surface area (Å²) in [6, 6.07) is 5.28. The first-order valence-electron chi connectivity index (χ1n) is 8.26. The molecular weight excluding hydrogens is 368 g/mol. The minimum atomic E-state index is -0.301. The second kappa shape index (κ2) is 8.09. The van der Waals surface area contributed by atoms with Gasteiger partial charge in [0.1, 0.15) is 5.69 Å². The summed E-state index contributed by atoms with van der Waals surface area (Å²) >= 11 is 1.40. The lowest BCUT2D eigenvalue weighted by molar-refractivity contribution is -0.116. The maximum atomic E-state index is 12.4. The molecule has 0 unspecified atom stereocenters. The third-order valence-corrected chi connectivity index (χ3v) is 4.72. The molecule has 8 nitrogen and oxygen atoms in total. The SMILES string of the molecule is COc1ccc2[nH]c(C(=O)NCCC(=O)Nc3ncc(C)s3)cc2c1OC. The van der Waals surface area contributed by atoms with Gasteiger partial charge in [0, 0.05) is 29.4 Å². The highest BCUT2D eigenvalue weighted by atomic mass is 32.1. The van der Waals surface area contributed by atoms with Crippen molar-refractivity contribution in [2.45, 2.75) is 13.3 Å². The number of amides is 2. The van der Waals surface area contributed by atoms with Crippen molar-refractivity contribution in [1.29, 1.82) is 0 Å². The molecule has 0 saturated carbocycles. The van der Waals surface area contributed by atoms with Crippen molar-refractivity contribution in [3.8, 4) is 11.5 Å². The topological polar surface area (TPSA) is 105 Å². The molecule has 27 heavy (non-hydrogen) atoms. The van der Waals surface area contributed by atoms with Gasteiger partial charge in [0.25, 0.3) is 5.91 Å². The molecule has 0 spiro atoms. The minimum absolute atomic E-state index is 0.155. The van der Waals surface area contributed by atoms with Crippen LogP contribution in [-0.2, 0) is 4.79 Å². The fourth-order valence-electron chi connectivity index (χ4n) is 2.63. The third-order valence-electron chi connectivity index (χ3n) is 3.89. The Morgan fingerprint density at radius 1 is 1.26 bits per heavy atom. The number of aromatic nitrogens is 2. The number of nitrogens with zero attached hydrogens (tertiary/aromatic N) is 1. The number of carbonyl (C=O) groups is 2. The van der Waals surface area contributed by atoms with Crippen LogP contribution in [0.25, 0.3) is 10.9 Å². The predicted molar refractivity (Wildman–Crippen MR) is 104 cm³/mol. The van der Waals surface area contributed by atoms with Gasteiger partial charge >= 0.3 is 0 Å². The molecule has 1 aromatic carbocycles. The van der Waals surface area contributed by atoms with Crippen LogP contribution in [0.2, 0.25) is 0 Å². The molecule has 3 N–H and O–H groups in total. The number of carbonyl (C=O) groups excluding carboxylic acids is 2. The standard InChI is InChI=1S/C18H20N4O4S/c1-10-9-20-18(27-10)22-15(23)6-7-19-17(24)13-8-11-12(21-13)4-5-14(25-2)16(11)26-3/h4-5,8-9,21H,6-7H2,1-3H3,(H,19,24)(H,20,22,23). The van der Waals surface area contributed by atoms with E-state index >= 15 is 0 Å². The Hall–Kier alpha value is -3.07. The zero-order valence-electron chi connectivity index (χ0n) is 15.2. The van der Waals surface area contributed by atoms with Gasteiger partial charge < -0.3 is 25.1 Å². The number of rotatable bonds is 7. The van der Waals surface area contributed by atoms with Crippen molar-refractivity contribution in [3.63, 3.8) is 0 Å². The van der Waals surface area contributed by atoms with Crippen molar-refractivity contribution in [1.82, 2.24) is 15.3 Å². The number of aromatic amines is 1. The molecule has 0 aliphatic rings. The van der Waals surface area contributed by atoms with Gasteiger partial charge in [-0.05, 0) is 25.1 Å².